The van der Waals surface area contributed by atoms with Crippen molar-refractivity contribution in [2.75, 3.05) is 13.7 Å². The number of halogens is 2. The number of ether oxygens (including phenoxy) is 3. The van der Waals surface area contributed by atoms with Crippen LogP contribution in [0.25, 0.3) is 11.8 Å². The average Bonchev–Trinajstić information content (AvgIpc) is 3.28. The van der Waals surface area contributed by atoms with Crippen LogP contribution in [0.1, 0.15) is 43.5 Å². The number of hydrogen-bond acceptors (Lipinski definition) is 7. The minimum absolute atomic E-state index is 0.0409. The number of carbonyl (C=O) groups is 1. The summed E-state index contributed by atoms with van der Waals surface area (Å²) in [5.41, 5.74) is 2.28. The second-order valence-electron chi connectivity index (χ2n) is 9.68. The molecule has 1 aliphatic rings. The van der Waals surface area contributed by atoms with E-state index in [1.54, 1.807) is 32.2 Å². The molecule has 1 aliphatic heterocycles. The third-order valence-corrected chi connectivity index (χ3v) is 8.25. The maximum absolute atomic E-state index is 14.1. The number of hydrogen-bond donors (Lipinski definition) is 0. The molecular weight excluding hydrogens is 670 g/mol. The van der Waals surface area contributed by atoms with Gasteiger partial charge in [-0.1, -0.05) is 53.8 Å². The third kappa shape index (κ3) is 5.91. The van der Waals surface area contributed by atoms with Crippen molar-refractivity contribution < 1.29 is 23.4 Å². The lowest BCUT2D eigenvalue weighted by Crippen LogP contribution is -2.40. The maximum atomic E-state index is 14.1. The van der Waals surface area contributed by atoms with Crippen LogP contribution in [0, 0.1) is 9.39 Å². The van der Waals surface area contributed by atoms with E-state index in [4.69, 9.17) is 19.2 Å². The second kappa shape index (κ2) is 12.6. The zero-order valence-electron chi connectivity index (χ0n) is 23.4. The third-order valence-electron chi connectivity index (χ3n) is 6.46. The molecule has 42 heavy (non-hydrogen) atoms. The van der Waals surface area contributed by atoms with Crippen LogP contribution in [0.5, 0.6) is 11.5 Å². The summed E-state index contributed by atoms with van der Waals surface area (Å²) in [6, 6.07) is 17.9. The number of nitrogens with zero attached hydrogens (tertiary/aromatic N) is 2. The smallest absolute Gasteiger partial charge is 0.338 e. The molecule has 0 saturated heterocycles. The van der Waals surface area contributed by atoms with Crippen LogP contribution in [0.2, 0.25) is 0 Å². The Balaban J connectivity index is 1.77. The highest BCUT2D eigenvalue weighted by Gasteiger charge is 2.35. The molecule has 0 radical (unpaired) electrons. The summed E-state index contributed by atoms with van der Waals surface area (Å²) < 4.78 is 33.7. The van der Waals surface area contributed by atoms with Gasteiger partial charge in [-0.2, -0.15) is 0 Å². The van der Waals surface area contributed by atoms with Gasteiger partial charge in [0.05, 0.1) is 45.2 Å². The van der Waals surface area contributed by atoms with Crippen LogP contribution in [0.4, 0.5) is 4.39 Å². The number of fused-ring (bicyclic) bond motifs is 1. The van der Waals surface area contributed by atoms with Gasteiger partial charge in [0, 0.05) is 5.56 Å². The van der Waals surface area contributed by atoms with Gasteiger partial charge in [-0.05, 0) is 84.8 Å². The van der Waals surface area contributed by atoms with E-state index >= 15 is 0 Å². The Kier molecular flexibility index (Phi) is 8.93. The predicted molar refractivity (Wildman–Crippen MR) is 169 cm³/mol. The summed E-state index contributed by atoms with van der Waals surface area (Å²) in [5, 5.41) is 0. The summed E-state index contributed by atoms with van der Waals surface area (Å²) in [5.74, 6) is 0.165. The Labute approximate surface area is 259 Å². The van der Waals surface area contributed by atoms with E-state index in [2.05, 4.69) is 22.6 Å². The van der Waals surface area contributed by atoms with Gasteiger partial charge in [0.25, 0.3) is 5.56 Å². The quantitative estimate of drug-likeness (QED) is 0.180. The second-order valence-corrected chi connectivity index (χ2v) is 11.9. The molecule has 4 aromatic rings. The van der Waals surface area contributed by atoms with E-state index in [1.807, 2.05) is 56.3 Å². The normalized spacial score (nSPS) is 14.9. The van der Waals surface area contributed by atoms with Crippen LogP contribution < -0.4 is 24.4 Å². The highest BCUT2D eigenvalue weighted by Crippen LogP contribution is 2.36. The van der Waals surface area contributed by atoms with E-state index in [0.29, 0.717) is 37.7 Å². The van der Waals surface area contributed by atoms with Gasteiger partial charge >= 0.3 is 5.97 Å². The summed E-state index contributed by atoms with van der Waals surface area (Å²) in [6.45, 7) is 5.74. The Bertz CT molecular complexity index is 1850. The fraction of sp³-hybridized carbons (Fsp3) is 0.219. The van der Waals surface area contributed by atoms with E-state index < -0.39 is 17.8 Å². The fourth-order valence-corrected chi connectivity index (χ4v) is 6.48. The van der Waals surface area contributed by atoms with Crippen molar-refractivity contribution in [2.45, 2.75) is 32.9 Å². The van der Waals surface area contributed by atoms with Gasteiger partial charge in [-0.15, -0.1) is 0 Å². The SMILES string of the molecule is CCOC(=O)C1=C(c2ccccc2)N=c2s/c(=C\c3cc(I)c(OC(C)C)c(OC)c3)c(=O)n2[C@@H]1c1ccc(F)cc1. The Morgan fingerprint density at radius 1 is 1.14 bits per heavy atom. The molecule has 216 valence electrons. The molecule has 10 heteroatoms. The molecule has 1 aromatic heterocycles. The number of aromatic nitrogens is 1. The van der Waals surface area contributed by atoms with Crippen LogP contribution >= 0.6 is 33.9 Å². The molecule has 2 heterocycles. The van der Waals surface area contributed by atoms with Gasteiger partial charge in [-0.3, -0.25) is 9.36 Å². The number of carbonyl (C=O) groups excluding carboxylic acids is 1. The van der Waals surface area contributed by atoms with Gasteiger partial charge in [0.15, 0.2) is 16.3 Å². The van der Waals surface area contributed by atoms with Crippen molar-refractivity contribution in [1.82, 2.24) is 4.57 Å². The van der Waals surface area contributed by atoms with E-state index in [-0.39, 0.29) is 23.8 Å². The molecule has 0 bridgehead atoms. The number of esters is 1. The maximum Gasteiger partial charge on any atom is 0.338 e. The minimum Gasteiger partial charge on any atom is -0.493 e. The van der Waals surface area contributed by atoms with Crippen molar-refractivity contribution >= 4 is 51.7 Å². The van der Waals surface area contributed by atoms with Crippen LogP contribution in [-0.4, -0.2) is 30.4 Å². The highest BCUT2D eigenvalue weighted by atomic mass is 127. The first-order valence-corrected chi connectivity index (χ1v) is 15.2. The summed E-state index contributed by atoms with van der Waals surface area (Å²) >= 11 is 3.40. The predicted octanol–water partition coefficient (Wildman–Crippen LogP) is 5.48. The molecule has 5 rings (SSSR count). The van der Waals surface area contributed by atoms with Crippen molar-refractivity contribution in [3.8, 4) is 11.5 Å². The molecule has 0 N–H and O–H groups in total. The molecule has 1 atom stereocenters. The number of methoxy groups -OCH3 is 1. The standard InChI is InChI=1S/C32H28FIN2O5S/c1-5-40-31(38)26-27(20-9-7-6-8-10-20)35-32-36(28(26)21-11-13-22(33)14-12-21)30(37)25(42-32)17-19-15-23(34)29(41-18(2)3)24(16-19)39-4/h6-18,28H,5H2,1-4H3/b25-17-/t28-/m1/s1. The zero-order chi connectivity index (χ0) is 30.0. The molecule has 0 fully saturated rings. The first kappa shape index (κ1) is 29.7. The lowest BCUT2D eigenvalue weighted by molar-refractivity contribution is -0.138. The fourth-order valence-electron chi connectivity index (χ4n) is 4.73. The van der Waals surface area contributed by atoms with E-state index in [0.717, 1.165) is 9.13 Å². The summed E-state index contributed by atoms with van der Waals surface area (Å²) in [6.07, 6.45) is 1.73. The number of benzene rings is 3. The molecule has 3 aromatic carbocycles. The molecule has 0 unspecified atom stereocenters. The molecule has 0 amide bonds. The first-order valence-electron chi connectivity index (χ1n) is 13.3. The van der Waals surface area contributed by atoms with Crippen LogP contribution in [0.15, 0.2) is 82.1 Å². The Morgan fingerprint density at radius 3 is 2.50 bits per heavy atom. The molecule has 0 aliphatic carbocycles. The number of rotatable bonds is 8. The minimum atomic E-state index is -0.880. The highest BCUT2D eigenvalue weighted by molar-refractivity contribution is 14.1. The van der Waals surface area contributed by atoms with Gasteiger partial charge in [-0.25, -0.2) is 14.2 Å². The monoisotopic (exact) mass is 698 g/mol. The topological polar surface area (TPSA) is 79.1 Å². The molecular formula is C32H28FIN2O5S. The Morgan fingerprint density at radius 2 is 1.86 bits per heavy atom. The largest absolute Gasteiger partial charge is 0.493 e. The number of thiazole rings is 1. The van der Waals surface area contributed by atoms with E-state index in [1.165, 1.54) is 28.0 Å². The van der Waals surface area contributed by atoms with E-state index in [9.17, 15) is 14.0 Å². The van der Waals surface area contributed by atoms with Gasteiger partial charge in [0.2, 0.25) is 0 Å². The lowest BCUT2D eigenvalue weighted by atomic mass is 9.93. The van der Waals surface area contributed by atoms with Crippen molar-refractivity contribution in [1.29, 1.82) is 0 Å². The molecule has 7 nitrogen and oxygen atoms in total. The zero-order valence-corrected chi connectivity index (χ0v) is 26.4. The van der Waals surface area contributed by atoms with Gasteiger partial charge < -0.3 is 14.2 Å². The van der Waals surface area contributed by atoms with Crippen molar-refractivity contribution in [2.24, 2.45) is 4.99 Å². The Hall–Kier alpha value is -3.77. The lowest BCUT2D eigenvalue weighted by Gasteiger charge is -2.25. The summed E-state index contributed by atoms with van der Waals surface area (Å²) in [7, 11) is 1.57. The van der Waals surface area contributed by atoms with Crippen molar-refractivity contribution in [3.05, 3.63) is 118 Å². The first-order chi connectivity index (χ1) is 20.2. The van der Waals surface area contributed by atoms with Gasteiger partial charge in [0.1, 0.15) is 5.82 Å². The molecule has 0 spiro atoms. The summed E-state index contributed by atoms with van der Waals surface area (Å²) in [4.78, 5) is 32.8. The molecule has 0 saturated carbocycles. The van der Waals surface area contributed by atoms with Crippen LogP contribution in [0.3, 0.4) is 0 Å². The van der Waals surface area contributed by atoms with Crippen molar-refractivity contribution in [3.63, 3.8) is 0 Å². The van der Waals surface area contributed by atoms with Crippen LogP contribution in [-0.2, 0) is 9.53 Å². The average molecular weight is 699 g/mol.